The summed E-state index contributed by atoms with van der Waals surface area (Å²) in [4.78, 5) is 25.4. The fourth-order valence-corrected chi connectivity index (χ4v) is 2.94. The third-order valence-corrected chi connectivity index (χ3v) is 4.28. The normalized spacial score (nSPS) is 27.8. The Morgan fingerprint density at radius 2 is 2.00 bits per heavy atom. The van der Waals surface area contributed by atoms with Crippen LogP contribution in [0.4, 0.5) is 0 Å². The van der Waals surface area contributed by atoms with Crippen molar-refractivity contribution in [3.63, 3.8) is 0 Å². The highest BCUT2D eigenvalue weighted by molar-refractivity contribution is 5.83. The lowest BCUT2D eigenvalue weighted by Gasteiger charge is -2.40. The van der Waals surface area contributed by atoms with Crippen LogP contribution in [-0.4, -0.2) is 48.1 Å². The second kappa shape index (κ2) is 5.26. The van der Waals surface area contributed by atoms with Gasteiger partial charge in [-0.2, -0.15) is 0 Å². The van der Waals surface area contributed by atoms with Gasteiger partial charge in [0.05, 0.1) is 5.92 Å². The van der Waals surface area contributed by atoms with Crippen molar-refractivity contribution < 1.29 is 14.7 Å². The van der Waals surface area contributed by atoms with Gasteiger partial charge in [0.25, 0.3) is 0 Å². The lowest BCUT2D eigenvalue weighted by atomic mass is 9.79. The van der Waals surface area contributed by atoms with Crippen LogP contribution in [0.3, 0.4) is 0 Å². The molecule has 0 aromatic carbocycles. The van der Waals surface area contributed by atoms with E-state index in [4.69, 9.17) is 5.11 Å². The van der Waals surface area contributed by atoms with Crippen LogP contribution in [-0.2, 0) is 9.59 Å². The van der Waals surface area contributed by atoms with E-state index in [9.17, 15) is 9.59 Å². The van der Waals surface area contributed by atoms with E-state index in [1.165, 1.54) is 0 Å². The van der Waals surface area contributed by atoms with Crippen LogP contribution < -0.4 is 5.32 Å². The highest BCUT2D eigenvalue weighted by atomic mass is 16.4. The SMILES string of the molecule is CC1(C(=O)N2CCC[C@H](C(=O)O)C2)CCNCC1. The van der Waals surface area contributed by atoms with E-state index >= 15 is 0 Å². The molecule has 102 valence electrons. The highest BCUT2D eigenvalue weighted by Gasteiger charge is 2.39. The lowest BCUT2D eigenvalue weighted by molar-refractivity contribution is -0.150. The van der Waals surface area contributed by atoms with Gasteiger partial charge >= 0.3 is 5.97 Å². The van der Waals surface area contributed by atoms with E-state index in [1.807, 2.05) is 6.92 Å². The molecule has 2 aliphatic rings. The summed E-state index contributed by atoms with van der Waals surface area (Å²) in [5.41, 5.74) is -0.300. The predicted molar refractivity (Wildman–Crippen MR) is 67.2 cm³/mol. The van der Waals surface area contributed by atoms with Gasteiger partial charge in [0, 0.05) is 18.5 Å². The molecule has 0 radical (unpaired) electrons. The first-order valence-electron chi connectivity index (χ1n) is 6.76. The quantitative estimate of drug-likeness (QED) is 0.761. The van der Waals surface area contributed by atoms with E-state index in [0.717, 1.165) is 32.4 Å². The van der Waals surface area contributed by atoms with Crippen molar-refractivity contribution in [3.8, 4) is 0 Å². The van der Waals surface area contributed by atoms with Gasteiger partial charge in [-0.1, -0.05) is 6.92 Å². The molecule has 1 amide bonds. The molecule has 2 saturated heterocycles. The molecule has 5 nitrogen and oxygen atoms in total. The molecule has 18 heavy (non-hydrogen) atoms. The number of likely N-dealkylation sites (tertiary alicyclic amines) is 1. The summed E-state index contributed by atoms with van der Waals surface area (Å²) in [5, 5.41) is 12.3. The molecule has 0 saturated carbocycles. The van der Waals surface area contributed by atoms with Crippen molar-refractivity contribution in [1.82, 2.24) is 10.2 Å². The standard InChI is InChI=1S/C13H22N2O3/c1-13(4-6-14-7-5-13)12(18)15-8-2-3-10(9-15)11(16)17/h10,14H,2-9H2,1H3,(H,16,17)/t10-/m0/s1. The third kappa shape index (κ3) is 2.66. The Morgan fingerprint density at radius 1 is 1.33 bits per heavy atom. The van der Waals surface area contributed by atoms with Gasteiger partial charge in [-0.15, -0.1) is 0 Å². The Hall–Kier alpha value is -1.10. The zero-order valence-electron chi connectivity index (χ0n) is 10.9. The molecular formula is C13H22N2O3. The van der Waals surface area contributed by atoms with E-state index in [0.29, 0.717) is 19.5 Å². The summed E-state index contributed by atoms with van der Waals surface area (Å²) < 4.78 is 0. The number of carboxylic acid groups (broad SMARTS) is 1. The van der Waals surface area contributed by atoms with E-state index in [-0.39, 0.29) is 17.2 Å². The van der Waals surface area contributed by atoms with Gasteiger partial charge in [-0.3, -0.25) is 9.59 Å². The molecule has 5 heteroatoms. The molecule has 0 aromatic rings. The molecule has 0 aromatic heterocycles. The minimum atomic E-state index is -0.775. The monoisotopic (exact) mass is 254 g/mol. The molecule has 0 bridgehead atoms. The topological polar surface area (TPSA) is 69.6 Å². The summed E-state index contributed by atoms with van der Waals surface area (Å²) >= 11 is 0. The molecule has 2 fully saturated rings. The van der Waals surface area contributed by atoms with Crippen LogP contribution in [0.1, 0.15) is 32.6 Å². The maximum Gasteiger partial charge on any atom is 0.308 e. The summed E-state index contributed by atoms with van der Waals surface area (Å²) in [6.07, 6.45) is 3.19. The maximum atomic E-state index is 12.5. The van der Waals surface area contributed by atoms with E-state index in [1.54, 1.807) is 4.90 Å². The predicted octanol–water partition coefficient (Wildman–Crippen LogP) is 0.699. The Kier molecular flexibility index (Phi) is 3.90. The number of hydrogen-bond donors (Lipinski definition) is 2. The average Bonchev–Trinajstić information content (AvgIpc) is 2.39. The van der Waals surface area contributed by atoms with E-state index in [2.05, 4.69) is 5.32 Å². The molecule has 2 N–H and O–H groups in total. The summed E-state index contributed by atoms with van der Waals surface area (Å²) in [6.45, 7) is 4.86. The molecule has 2 heterocycles. The number of hydrogen-bond acceptors (Lipinski definition) is 3. The summed E-state index contributed by atoms with van der Waals surface area (Å²) in [5.74, 6) is -1.01. The Labute approximate surface area is 108 Å². The minimum Gasteiger partial charge on any atom is -0.481 e. The number of amides is 1. The second-order valence-corrected chi connectivity index (χ2v) is 5.74. The van der Waals surface area contributed by atoms with Crippen LogP contribution >= 0.6 is 0 Å². The van der Waals surface area contributed by atoms with Crippen LogP contribution in [0.25, 0.3) is 0 Å². The third-order valence-electron chi connectivity index (χ3n) is 4.28. The Bertz CT molecular complexity index is 337. The number of rotatable bonds is 2. The van der Waals surface area contributed by atoms with Gasteiger partial charge in [-0.25, -0.2) is 0 Å². The van der Waals surface area contributed by atoms with Crippen molar-refractivity contribution in [2.45, 2.75) is 32.6 Å². The zero-order valence-corrected chi connectivity index (χ0v) is 10.9. The number of aliphatic carboxylic acids is 1. The molecule has 2 aliphatic heterocycles. The van der Waals surface area contributed by atoms with Crippen molar-refractivity contribution in [2.24, 2.45) is 11.3 Å². The van der Waals surface area contributed by atoms with Crippen molar-refractivity contribution in [2.75, 3.05) is 26.2 Å². The fraction of sp³-hybridized carbons (Fsp3) is 0.846. The second-order valence-electron chi connectivity index (χ2n) is 5.74. The molecular weight excluding hydrogens is 232 g/mol. The van der Waals surface area contributed by atoms with Gasteiger partial charge in [0.2, 0.25) is 5.91 Å². The number of nitrogens with zero attached hydrogens (tertiary/aromatic N) is 1. The number of piperidine rings is 2. The molecule has 2 rings (SSSR count). The summed E-state index contributed by atoms with van der Waals surface area (Å²) in [6, 6.07) is 0. The maximum absolute atomic E-state index is 12.5. The van der Waals surface area contributed by atoms with Crippen LogP contribution in [0.5, 0.6) is 0 Å². The Morgan fingerprint density at radius 3 is 2.61 bits per heavy atom. The number of carboxylic acids is 1. The number of carbonyl (C=O) groups excluding carboxylic acids is 1. The van der Waals surface area contributed by atoms with Crippen molar-refractivity contribution >= 4 is 11.9 Å². The fourth-order valence-electron chi connectivity index (χ4n) is 2.94. The van der Waals surface area contributed by atoms with Crippen LogP contribution in [0, 0.1) is 11.3 Å². The lowest BCUT2D eigenvalue weighted by Crippen LogP contribution is -2.51. The molecule has 0 aliphatic carbocycles. The van der Waals surface area contributed by atoms with Gasteiger partial charge < -0.3 is 15.3 Å². The molecule has 0 spiro atoms. The van der Waals surface area contributed by atoms with Crippen molar-refractivity contribution in [1.29, 1.82) is 0 Å². The summed E-state index contributed by atoms with van der Waals surface area (Å²) in [7, 11) is 0. The van der Waals surface area contributed by atoms with Crippen LogP contribution in [0.2, 0.25) is 0 Å². The van der Waals surface area contributed by atoms with E-state index < -0.39 is 5.97 Å². The smallest absolute Gasteiger partial charge is 0.308 e. The van der Waals surface area contributed by atoms with Gasteiger partial charge in [0.1, 0.15) is 0 Å². The molecule has 0 unspecified atom stereocenters. The number of nitrogens with one attached hydrogen (secondary N) is 1. The van der Waals surface area contributed by atoms with Crippen LogP contribution in [0.15, 0.2) is 0 Å². The molecule has 1 atom stereocenters. The zero-order chi connectivity index (χ0) is 13.2. The van der Waals surface area contributed by atoms with Gasteiger partial charge in [0.15, 0.2) is 0 Å². The highest BCUT2D eigenvalue weighted by Crippen LogP contribution is 2.32. The van der Waals surface area contributed by atoms with Gasteiger partial charge in [-0.05, 0) is 38.8 Å². The first kappa shape index (κ1) is 13.3. The average molecular weight is 254 g/mol. The Balaban J connectivity index is 2.01. The minimum absolute atomic E-state index is 0.148. The first-order chi connectivity index (χ1) is 8.53. The largest absolute Gasteiger partial charge is 0.481 e. The number of carbonyl (C=O) groups is 2. The van der Waals surface area contributed by atoms with Crippen molar-refractivity contribution in [3.05, 3.63) is 0 Å². The first-order valence-corrected chi connectivity index (χ1v) is 6.76.